The number of oxime groups is 1. The lowest BCUT2D eigenvalue weighted by molar-refractivity contribution is 0.318. The van der Waals surface area contributed by atoms with Gasteiger partial charge in [0, 0.05) is 13.2 Å². The van der Waals surface area contributed by atoms with Crippen LogP contribution in [-0.2, 0) is 7.05 Å². The van der Waals surface area contributed by atoms with Crippen LogP contribution in [-0.4, -0.2) is 25.8 Å². The largest absolute Gasteiger partial charge is 0.409 e. The van der Waals surface area contributed by atoms with E-state index in [1.54, 1.807) is 10.9 Å². The summed E-state index contributed by atoms with van der Waals surface area (Å²) >= 11 is 1.44. The van der Waals surface area contributed by atoms with E-state index in [1.165, 1.54) is 11.8 Å². The minimum Gasteiger partial charge on any atom is -0.409 e. The van der Waals surface area contributed by atoms with Crippen molar-refractivity contribution < 1.29 is 5.21 Å². The first-order valence-corrected chi connectivity index (χ1v) is 6.46. The number of aryl methyl sites for hydroxylation is 3. The van der Waals surface area contributed by atoms with Gasteiger partial charge in [0.25, 0.3) is 0 Å². The highest BCUT2D eigenvalue weighted by Gasteiger charge is 2.14. The van der Waals surface area contributed by atoms with Crippen LogP contribution in [0.2, 0.25) is 0 Å². The Balaban J connectivity index is 2.46. The molecule has 0 radical (unpaired) electrons. The summed E-state index contributed by atoms with van der Waals surface area (Å²) in [4.78, 5) is 4.30. The Kier molecular flexibility index (Phi) is 3.75. The van der Waals surface area contributed by atoms with Gasteiger partial charge in [0.15, 0.2) is 5.84 Å². The summed E-state index contributed by atoms with van der Waals surface area (Å²) in [6.45, 7) is 3.83. The highest BCUT2D eigenvalue weighted by Crippen LogP contribution is 2.30. The molecule has 0 atom stereocenters. The predicted molar refractivity (Wildman–Crippen MR) is 73.6 cm³/mol. The zero-order chi connectivity index (χ0) is 14.0. The van der Waals surface area contributed by atoms with Gasteiger partial charge in [-0.25, -0.2) is 4.98 Å². The first-order valence-electron chi connectivity index (χ1n) is 5.65. The van der Waals surface area contributed by atoms with Crippen LogP contribution in [0.1, 0.15) is 16.8 Å². The van der Waals surface area contributed by atoms with Crippen molar-refractivity contribution in [1.29, 1.82) is 0 Å². The maximum atomic E-state index is 8.87. The molecule has 2 aromatic heterocycles. The normalized spacial score (nSPS) is 11.8. The van der Waals surface area contributed by atoms with Gasteiger partial charge in [0.05, 0.1) is 11.3 Å². The van der Waals surface area contributed by atoms with Crippen LogP contribution in [0.5, 0.6) is 0 Å². The summed E-state index contributed by atoms with van der Waals surface area (Å²) in [5.41, 5.74) is 8.21. The molecule has 7 heteroatoms. The van der Waals surface area contributed by atoms with E-state index in [4.69, 9.17) is 10.9 Å². The minimum atomic E-state index is 0.0620. The fourth-order valence-corrected chi connectivity index (χ4v) is 2.84. The highest BCUT2D eigenvalue weighted by atomic mass is 32.2. The van der Waals surface area contributed by atoms with Crippen LogP contribution in [0.3, 0.4) is 0 Å². The Bertz CT molecular complexity index is 635. The SMILES string of the molecule is Cc1cc(Sc2nccc(C)c2/C(N)=N/O)n(C)n1. The van der Waals surface area contributed by atoms with Crippen LogP contribution < -0.4 is 5.73 Å². The van der Waals surface area contributed by atoms with Gasteiger partial charge in [-0.1, -0.05) is 5.16 Å². The van der Waals surface area contributed by atoms with Gasteiger partial charge in [-0.05, 0) is 43.3 Å². The molecule has 0 unspecified atom stereocenters. The van der Waals surface area contributed by atoms with Crippen molar-refractivity contribution in [1.82, 2.24) is 14.8 Å². The van der Waals surface area contributed by atoms with E-state index in [-0.39, 0.29) is 5.84 Å². The summed E-state index contributed by atoms with van der Waals surface area (Å²) in [6, 6.07) is 3.79. The number of hydrogen-bond donors (Lipinski definition) is 2. The molecule has 0 amide bonds. The van der Waals surface area contributed by atoms with E-state index in [0.717, 1.165) is 16.3 Å². The second-order valence-electron chi connectivity index (χ2n) is 4.14. The standard InChI is InChI=1S/C12H15N5OS/c1-7-4-5-14-12(10(7)11(13)16-18)19-9-6-8(2)15-17(9)3/h4-6,18H,1-3H3,(H2,13,16). The number of nitrogens with two attached hydrogens (primary N) is 1. The summed E-state index contributed by atoms with van der Waals surface area (Å²) in [5.74, 6) is 0.0620. The zero-order valence-corrected chi connectivity index (χ0v) is 11.8. The van der Waals surface area contributed by atoms with E-state index in [2.05, 4.69) is 15.2 Å². The monoisotopic (exact) mass is 277 g/mol. The minimum absolute atomic E-state index is 0.0620. The topological polar surface area (TPSA) is 89.3 Å². The molecule has 0 saturated heterocycles. The Labute approximate surface area is 115 Å². The fourth-order valence-electron chi connectivity index (χ4n) is 1.75. The van der Waals surface area contributed by atoms with Crippen molar-refractivity contribution in [2.75, 3.05) is 0 Å². The molecule has 0 aromatic carbocycles. The van der Waals surface area contributed by atoms with Crippen molar-refractivity contribution in [2.24, 2.45) is 17.9 Å². The molecule has 100 valence electrons. The Morgan fingerprint density at radius 3 is 2.79 bits per heavy atom. The molecule has 6 nitrogen and oxygen atoms in total. The zero-order valence-electron chi connectivity index (χ0n) is 11.0. The second-order valence-corrected chi connectivity index (χ2v) is 5.15. The van der Waals surface area contributed by atoms with E-state index in [1.807, 2.05) is 33.0 Å². The van der Waals surface area contributed by atoms with Gasteiger partial charge in [-0.15, -0.1) is 0 Å². The van der Waals surface area contributed by atoms with Crippen molar-refractivity contribution in [3.63, 3.8) is 0 Å². The molecule has 0 aliphatic carbocycles. The molecule has 0 fully saturated rings. The molecule has 0 saturated carbocycles. The second kappa shape index (κ2) is 5.31. The number of pyridine rings is 1. The number of amidine groups is 1. The molecular weight excluding hydrogens is 262 g/mol. The number of hydrogen-bond acceptors (Lipinski definition) is 5. The molecule has 0 aliphatic rings. The van der Waals surface area contributed by atoms with Crippen LogP contribution in [0.15, 0.2) is 33.5 Å². The predicted octanol–water partition coefficient (Wildman–Crippen LogP) is 1.68. The number of rotatable bonds is 3. The van der Waals surface area contributed by atoms with Gasteiger partial charge in [-0.3, -0.25) is 4.68 Å². The third kappa shape index (κ3) is 2.70. The van der Waals surface area contributed by atoms with E-state index in [9.17, 15) is 0 Å². The van der Waals surface area contributed by atoms with Crippen molar-refractivity contribution in [2.45, 2.75) is 23.9 Å². The third-order valence-electron chi connectivity index (χ3n) is 2.65. The molecule has 2 rings (SSSR count). The van der Waals surface area contributed by atoms with Crippen LogP contribution in [0.25, 0.3) is 0 Å². The smallest absolute Gasteiger partial charge is 0.173 e. The van der Waals surface area contributed by atoms with Crippen LogP contribution >= 0.6 is 11.8 Å². The maximum Gasteiger partial charge on any atom is 0.173 e. The van der Waals surface area contributed by atoms with E-state index < -0.39 is 0 Å². The average Bonchev–Trinajstić information content (AvgIpc) is 2.67. The van der Waals surface area contributed by atoms with E-state index in [0.29, 0.717) is 10.6 Å². The lowest BCUT2D eigenvalue weighted by Gasteiger charge is -2.09. The summed E-state index contributed by atoms with van der Waals surface area (Å²) in [6.07, 6.45) is 1.70. The number of aromatic nitrogens is 3. The molecule has 0 aliphatic heterocycles. The molecule has 3 N–H and O–H groups in total. The third-order valence-corrected chi connectivity index (χ3v) is 3.74. The van der Waals surface area contributed by atoms with Crippen molar-refractivity contribution in [3.8, 4) is 0 Å². The summed E-state index contributed by atoms with van der Waals surface area (Å²) < 4.78 is 1.78. The first kappa shape index (κ1) is 13.4. The highest BCUT2D eigenvalue weighted by molar-refractivity contribution is 7.99. The average molecular weight is 277 g/mol. The van der Waals surface area contributed by atoms with Gasteiger partial charge >= 0.3 is 0 Å². The summed E-state index contributed by atoms with van der Waals surface area (Å²) in [5, 5.41) is 17.9. The van der Waals surface area contributed by atoms with Gasteiger partial charge in [-0.2, -0.15) is 5.10 Å². The van der Waals surface area contributed by atoms with Crippen molar-refractivity contribution >= 4 is 17.6 Å². The fraction of sp³-hybridized carbons (Fsp3) is 0.250. The van der Waals surface area contributed by atoms with Crippen molar-refractivity contribution in [3.05, 3.63) is 35.2 Å². The van der Waals surface area contributed by atoms with Crippen LogP contribution in [0, 0.1) is 13.8 Å². The molecule has 0 bridgehead atoms. The molecular formula is C12H15N5OS. The van der Waals surface area contributed by atoms with Gasteiger partial charge in [0.1, 0.15) is 10.1 Å². The lowest BCUT2D eigenvalue weighted by Crippen LogP contribution is -2.16. The molecule has 0 spiro atoms. The summed E-state index contributed by atoms with van der Waals surface area (Å²) in [7, 11) is 1.87. The molecule has 19 heavy (non-hydrogen) atoms. The van der Waals surface area contributed by atoms with Crippen LogP contribution in [0.4, 0.5) is 0 Å². The molecule has 2 heterocycles. The van der Waals surface area contributed by atoms with Gasteiger partial charge < -0.3 is 10.9 Å². The Morgan fingerprint density at radius 1 is 1.47 bits per heavy atom. The van der Waals surface area contributed by atoms with E-state index >= 15 is 0 Å². The Hall–Kier alpha value is -2.02. The quantitative estimate of drug-likeness (QED) is 0.385. The number of nitrogens with zero attached hydrogens (tertiary/aromatic N) is 4. The first-order chi connectivity index (χ1) is 9.02. The lowest BCUT2D eigenvalue weighted by atomic mass is 10.1. The molecule has 2 aromatic rings. The van der Waals surface area contributed by atoms with Gasteiger partial charge in [0.2, 0.25) is 0 Å². The Morgan fingerprint density at radius 2 is 2.21 bits per heavy atom. The maximum absolute atomic E-state index is 8.87.